The Morgan fingerprint density at radius 3 is 2.40 bits per heavy atom. The van der Waals surface area contributed by atoms with Gasteiger partial charge in [-0.15, -0.1) is 59.7 Å². The Kier molecular flexibility index (Phi) is 9.02. The largest absolute Gasteiger partial charge is 0.305 e. The normalized spacial score (nSPS) is 11.9. The van der Waals surface area contributed by atoms with Gasteiger partial charge in [0.15, 0.2) is 0 Å². The second-order valence-electron chi connectivity index (χ2n) is 10.7. The maximum atomic E-state index is 14.3. The van der Waals surface area contributed by atoms with Crippen LogP contribution in [-0.2, 0) is 20.1 Å². The zero-order valence-electron chi connectivity index (χ0n) is 24.2. The second-order valence-corrected chi connectivity index (χ2v) is 16.8. The number of rotatable bonds is 4. The fourth-order valence-corrected chi connectivity index (χ4v) is 6.62. The van der Waals surface area contributed by atoms with Gasteiger partial charge in [0.05, 0.1) is 8.07 Å². The number of hydrogen-bond donors (Lipinski definition) is 0. The molecule has 0 aliphatic rings. The molecule has 0 N–H and O–H groups in total. The van der Waals surface area contributed by atoms with E-state index in [-0.39, 0.29) is 25.9 Å². The summed E-state index contributed by atoms with van der Waals surface area (Å²) in [6.07, 6.45) is 3.74. The summed E-state index contributed by atoms with van der Waals surface area (Å²) in [6.45, 7) is 10.7. The van der Waals surface area contributed by atoms with Gasteiger partial charge in [-0.2, -0.15) is 11.3 Å². The molecule has 0 atom stereocenters. The average Bonchev–Trinajstić information content (AvgIpc) is 3.33. The maximum absolute atomic E-state index is 14.3. The van der Waals surface area contributed by atoms with E-state index in [9.17, 15) is 4.39 Å². The zero-order chi connectivity index (χ0) is 28.5. The molecule has 0 saturated heterocycles. The molecule has 3 aromatic heterocycles. The van der Waals surface area contributed by atoms with Gasteiger partial charge in [0.25, 0.3) is 0 Å². The van der Waals surface area contributed by atoms with Gasteiger partial charge in [-0.1, -0.05) is 68.7 Å². The SMILES string of the molecule is C[Si](C)(C)c1ccc(-c2[c-]cccc2)nc1.[2H]C(C)(C)c1ccnc(-c2[c-]ccc3c2sc2cccc(F)c23)c1.[Ir]. The Hall–Kier alpha value is -3.02. The van der Waals surface area contributed by atoms with E-state index < -0.39 is 14.0 Å². The monoisotopic (exact) mass is 740 g/mol. The van der Waals surface area contributed by atoms with E-state index in [1.807, 2.05) is 74.6 Å². The van der Waals surface area contributed by atoms with Crippen molar-refractivity contribution in [3.63, 3.8) is 0 Å². The molecular weight excluding hydrogens is 708 g/mol. The number of aromatic nitrogens is 2. The van der Waals surface area contributed by atoms with Crippen LogP contribution in [0.25, 0.3) is 42.7 Å². The van der Waals surface area contributed by atoms with Crippen molar-refractivity contribution in [3.8, 4) is 22.5 Å². The third-order valence-electron chi connectivity index (χ3n) is 6.61. The average molecular weight is 740 g/mol. The van der Waals surface area contributed by atoms with Crippen LogP contribution in [0.15, 0.2) is 91.3 Å². The summed E-state index contributed by atoms with van der Waals surface area (Å²) in [7, 11) is -1.23. The minimum Gasteiger partial charge on any atom is -0.305 e. The fraction of sp³-hybridized carbons (Fsp3) is 0.176. The first kappa shape index (κ1) is 28.5. The Balaban J connectivity index is 0.000000200. The van der Waals surface area contributed by atoms with Gasteiger partial charge in [-0.3, -0.25) is 0 Å². The van der Waals surface area contributed by atoms with Gasteiger partial charge in [-0.25, -0.2) is 4.39 Å². The molecule has 3 aromatic carbocycles. The molecule has 0 bridgehead atoms. The van der Waals surface area contributed by atoms with Crippen LogP contribution in [0.3, 0.4) is 0 Å². The second kappa shape index (κ2) is 12.7. The van der Waals surface area contributed by atoms with Crippen molar-refractivity contribution < 1.29 is 25.9 Å². The number of benzene rings is 3. The summed E-state index contributed by atoms with van der Waals surface area (Å²) < 4.78 is 24.4. The number of hydrogen-bond acceptors (Lipinski definition) is 3. The molecule has 205 valence electrons. The maximum Gasteiger partial charge on any atom is 0.130 e. The van der Waals surface area contributed by atoms with E-state index in [0.29, 0.717) is 5.39 Å². The third kappa shape index (κ3) is 6.47. The molecule has 0 aliphatic heterocycles. The number of pyridine rings is 2. The summed E-state index contributed by atoms with van der Waals surface area (Å²) in [4.78, 5) is 8.98. The molecule has 0 saturated carbocycles. The van der Waals surface area contributed by atoms with E-state index >= 15 is 0 Å². The predicted octanol–water partition coefficient (Wildman–Crippen LogP) is 9.27. The molecule has 0 fully saturated rings. The van der Waals surface area contributed by atoms with Crippen molar-refractivity contribution in [1.29, 1.82) is 0 Å². The zero-order valence-corrected chi connectivity index (χ0v) is 27.4. The van der Waals surface area contributed by atoms with E-state index in [1.165, 1.54) is 11.3 Å². The Bertz CT molecular complexity index is 1780. The first-order chi connectivity index (χ1) is 19.0. The van der Waals surface area contributed by atoms with Crippen molar-refractivity contribution in [2.45, 2.75) is 39.4 Å². The van der Waals surface area contributed by atoms with Crippen LogP contribution < -0.4 is 5.19 Å². The molecule has 6 heteroatoms. The van der Waals surface area contributed by atoms with Gasteiger partial charge >= 0.3 is 0 Å². The Morgan fingerprint density at radius 2 is 1.73 bits per heavy atom. The molecule has 1 radical (unpaired) electrons. The van der Waals surface area contributed by atoms with Crippen molar-refractivity contribution in [2.24, 2.45) is 0 Å². The Labute approximate surface area is 256 Å². The van der Waals surface area contributed by atoms with E-state index in [4.69, 9.17) is 1.37 Å². The molecule has 6 rings (SSSR count). The fourth-order valence-electron chi connectivity index (χ4n) is 4.37. The topological polar surface area (TPSA) is 25.8 Å². The van der Waals surface area contributed by atoms with E-state index in [1.54, 1.807) is 23.6 Å². The molecule has 3 heterocycles. The summed E-state index contributed by atoms with van der Waals surface area (Å²) in [6, 6.07) is 31.4. The molecule has 0 amide bonds. The quantitative estimate of drug-likeness (QED) is 0.133. The van der Waals surface area contributed by atoms with Crippen LogP contribution in [0.5, 0.6) is 0 Å². The number of nitrogens with zero attached hydrogens (tertiary/aromatic N) is 2. The number of fused-ring (bicyclic) bond motifs is 3. The first-order valence-corrected chi connectivity index (χ1v) is 17.3. The van der Waals surface area contributed by atoms with Gasteiger partial charge in [0, 0.05) is 44.0 Å². The molecule has 40 heavy (non-hydrogen) atoms. The van der Waals surface area contributed by atoms with Gasteiger partial charge < -0.3 is 9.97 Å². The number of thiophene rings is 1. The summed E-state index contributed by atoms with van der Waals surface area (Å²) >= 11 is 1.55. The van der Waals surface area contributed by atoms with Crippen LogP contribution >= 0.6 is 11.3 Å². The predicted molar refractivity (Wildman–Crippen MR) is 167 cm³/mol. The summed E-state index contributed by atoms with van der Waals surface area (Å²) in [5.74, 6) is -0.900. The molecule has 0 unspecified atom stereocenters. The smallest absolute Gasteiger partial charge is 0.130 e. The first-order valence-electron chi connectivity index (χ1n) is 13.4. The molecule has 0 spiro atoms. The van der Waals surface area contributed by atoms with E-state index in [0.717, 1.165) is 42.9 Å². The van der Waals surface area contributed by atoms with Gasteiger partial charge in [-0.05, 0) is 45.4 Å². The summed E-state index contributed by atoms with van der Waals surface area (Å²) in [5.41, 5.74) is 4.59. The minimum absolute atomic E-state index is 0. The van der Waals surface area contributed by atoms with Crippen LogP contribution in [0.1, 0.15) is 26.7 Å². The standard InChI is InChI=1S/C20H15FNS.C14H16NSi.Ir/c1-12(2)13-9-10-22-17(11-13)14-5-3-6-15-19-16(21)7-4-8-18(19)23-20(14)15;1-16(2,3)13-9-10-14(15-11-13)12-7-5-4-6-8-12;/h3-4,6-12H,1-2H3;4-7,9-11H,1-3H3;/q2*-1;/i12D;;. The number of halogens is 1. The third-order valence-corrected chi connectivity index (χ3v) is 9.83. The van der Waals surface area contributed by atoms with Gasteiger partial charge in [0.1, 0.15) is 5.82 Å². The van der Waals surface area contributed by atoms with Crippen molar-refractivity contribution in [2.75, 3.05) is 0 Å². The van der Waals surface area contributed by atoms with Crippen LogP contribution in [0.4, 0.5) is 4.39 Å². The molecule has 0 aliphatic carbocycles. The van der Waals surface area contributed by atoms with Gasteiger partial charge in [0.2, 0.25) is 0 Å². The summed E-state index contributed by atoms with van der Waals surface area (Å²) in [5, 5.41) is 2.94. The molecule has 6 aromatic rings. The molecule has 2 nitrogen and oxygen atoms in total. The van der Waals surface area contributed by atoms with Crippen molar-refractivity contribution in [3.05, 3.63) is 115 Å². The van der Waals surface area contributed by atoms with Crippen LogP contribution in [0, 0.1) is 17.9 Å². The Morgan fingerprint density at radius 1 is 0.900 bits per heavy atom. The van der Waals surface area contributed by atoms with Crippen LogP contribution in [0.2, 0.25) is 19.6 Å². The minimum atomic E-state index is -1.23. The van der Waals surface area contributed by atoms with Crippen molar-refractivity contribution >= 4 is 44.8 Å². The molecular formula is C34H31FIrN2SSi-2. The van der Waals surface area contributed by atoms with Crippen molar-refractivity contribution in [1.82, 2.24) is 9.97 Å². The van der Waals surface area contributed by atoms with Crippen LogP contribution in [-0.4, -0.2) is 18.0 Å². The van der Waals surface area contributed by atoms with E-state index in [2.05, 4.69) is 53.9 Å².